The van der Waals surface area contributed by atoms with Crippen LogP contribution < -0.4 is 62.0 Å². The molecule has 7 nitrogen and oxygen atoms in total. The third kappa shape index (κ3) is 8.28. The maximum atomic E-state index is 10.4. The molecule has 3 N–H and O–H groups in total. The summed E-state index contributed by atoms with van der Waals surface area (Å²) in [6, 6.07) is 1.08. The summed E-state index contributed by atoms with van der Waals surface area (Å²) in [5, 5.41) is 4.94. The Labute approximate surface area is 149 Å². The van der Waals surface area contributed by atoms with Gasteiger partial charge >= 0.3 is 63.6 Å². The number of carbonyl (C=O) groups excluding carboxylic acids is 2. The van der Waals surface area contributed by atoms with Crippen LogP contribution in [0.1, 0.15) is 25.7 Å². The van der Waals surface area contributed by atoms with Crippen molar-refractivity contribution in [3.63, 3.8) is 0 Å². The Morgan fingerprint density at radius 2 is 1.67 bits per heavy atom. The van der Waals surface area contributed by atoms with E-state index >= 15 is 0 Å². The second kappa shape index (κ2) is 8.34. The summed E-state index contributed by atoms with van der Waals surface area (Å²) < 4.78 is 8.63. The number of methoxy groups -OCH3 is 2. The van der Waals surface area contributed by atoms with Gasteiger partial charge in [-0.3, -0.25) is 0 Å². The van der Waals surface area contributed by atoms with Gasteiger partial charge in [0, 0.05) is 0 Å². The van der Waals surface area contributed by atoms with Crippen molar-refractivity contribution < 1.29 is 70.4 Å². The maximum absolute atomic E-state index is 10.4. The minimum atomic E-state index is -0.701. The third-order valence-corrected chi connectivity index (χ3v) is 2.24. The number of ether oxygens (including phenoxy) is 2. The fraction of sp³-hybridized carbons (Fsp3) is 0.700. The van der Waals surface area contributed by atoms with Gasteiger partial charge in [0.05, 0.1) is 14.2 Å². The molecule has 2 aliphatic rings. The SMILES string of the molecule is COC(=O)NC1([NH-])CC1.COC(=O)N[C-]1CC1.[K+]. The summed E-state index contributed by atoms with van der Waals surface area (Å²) in [7, 11) is 2.65. The van der Waals surface area contributed by atoms with Gasteiger partial charge in [-0.15, -0.1) is 0 Å². The van der Waals surface area contributed by atoms with Gasteiger partial charge in [0.1, 0.15) is 0 Å². The summed E-state index contributed by atoms with van der Waals surface area (Å²) in [4.78, 5) is 20.7. The quantitative estimate of drug-likeness (QED) is 0.478. The van der Waals surface area contributed by atoms with Crippen molar-refractivity contribution in [3.05, 3.63) is 11.8 Å². The van der Waals surface area contributed by atoms with Crippen molar-refractivity contribution in [2.45, 2.75) is 31.3 Å². The summed E-state index contributed by atoms with van der Waals surface area (Å²) >= 11 is 0. The van der Waals surface area contributed by atoms with Gasteiger partial charge in [-0.2, -0.15) is 12.8 Å². The molecule has 0 aromatic carbocycles. The van der Waals surface area contributed by atoms with Crippen LogP contribution in [0.3, 0.4) is 0 Å². The summed E-state index contributed by atoms with van der Waals surface area (Å²) in [5.41, 5.74) is 6.56. The molecular weight excluding hydrogens is 265 g/mol. The number of rotatable bonds is 2. The molecule has 0 heterocycles. The molecule has 2 rings (SSSR count). The molecule has 2 amide bonds. The molecule has 0 atom stereocenters. The first kappa shape index (κ1) is 18.1. The van der Waals surface area contributed by atoms with E-state index in [9.17, 15) is 9.59 Å². The Balaban J connectivity index is 0.000000306. The number of hydrogen-bond donors (Lipinski definition) is 2. The topological polar surface area (TPSA) is 100 Å². The number of nitrogens with one attached hydrogen (secondary N) is 3. The number of alkyl carbamates (subject to hydrolysis) is 2. The van der Waals surface area contributed by atoms with Crippen LogP contribution in [-0.2, 0) is 9.47 Å². The van der Waals surface area contributed by atoms with Crippen LogP contribution in [0.2, 0.25) is 0 Å². The van der Waals surface area contributed by atoms with Crippen molar-refractivity contribution in [1.82, 2.24) is 10.6 Å². The largest absolute Gasteiger partial charge is 1.00 e. The molecular formula is C10H17KN3O4-. The molecule has 98 valence electrons. The fourth-order valence-corrected chi connectivity index (χ4v) is 0.879. The zero-order valence-electron chi connectivity index (χ0n) is 11.0. The normalized spacial score (nSPS) is 18.2. The van der Waals surface area contributed by atoms with E-state index in [0.717, 1.165) is 31.7 Å². The number of hydrogen-bond acceptors (Lipinski definition) is 4. The Bertz CT molecular complexity index is 293. The van der Waals surface area contributed by atoms with Crippen molar-refractivity contribution >= 4 is 12.2 Å². The van der Waals surface area contributed by atoms with E-state index in [0.29, 0.717) is 0 Å². The molecule has 0 spiro atoms. The first-order chi connectivity index (χ1) is 7.99. The monoisotopic (exact) mass is 282 g/mol. The van der Waals surface area contributed by atoms with Gasteiger partial charge in [-0.25, -0.2) is 15.6 Å². The molecule has 2 fully saturated rings. The van der Waals surface area contributed by atoms with E-state index in [2.05, 4.69) is 20.1 Å². The number of carbonyl (C=O) groups is 2. The second-order valence-electron chi connectivity index (χ2n) is 3.92. The Kier molecular flexibility index (Phi) is 8.40. The maximum Gasteiger partial charge on any atom is 1.00 e. The molecule has 0 radical (unpaired) electrons. The van der Waals surface area contributed by atoms with Crippen molar-refractivity contribution in [2.24, 2.45) is 0 Å². The van der Waals surface area contributed by atoms with Crippen molar-refractivity contribution in [2.75, 3.05) is 14.2 Å². The molecule has 0 bridgehead atoms. The molecule has 0 unspecified atom stereocenters. The first-order valence-corrected chi connectivity index (χ1v) is 5.30. The second-order valence-corrected chi connectivity index (χ2v) is 3.92. The molecule has 0 saturated heterocycles. The predicted octanol–water partition coefficient (Wildman–Crippen LogP) is -1.44. The van der Waals surface area contributed by atoms with E-state index in [1.54, 1.807) is 0 Å². The molecule has 2 aliphatic carbocycles. The Morgan fingerprint density at radius 3 is 2.00 bits per heavy atom. The molecule has 0 aromatic heterocycles. The van der Waals surface area contributed by atoms with Crippen molar-refractivity contribution in [1.29, 1.82) is 0 Å². The molecule has 2 saturated carbocycles. The Morgan fingerprint density at radius 1 is 1.17 bits per heavy atom. The summed E-state index contributed by atoms with van der Waals surface area (Å²) in [6.45, 7) is 0. The number of amides is 2. The average Bonchev–Trinajstić information content (AvgIpc) is 3.19. The van der Waals surface area contributed by atoms with Gasteiger partial charge in [0.25, 0.3) is 0 Å². The third-order valence-electron chi connectivity index (χ3n) is 2.24. The van der Waals surface area contributed by atoms with Gasteiger partial charge < -0.3 is 25.8 Å². The zero-order valence-corrected chi connectivity index (χ0v) is 14.1. The van der Waals surface area contributed by atoms with Crippen LogP contribution in [0.4, 0.5) is 9.59 Å². The van der Waals surface area contributed by atoms with Gasteiger partial charge in [0.2, 0.25) is 0 Å². The molecule has 18 heavy (non-hydrogen) atoms. The zero-order chi connectivity index (χ0) is 12.9. The first-order valence-electron chi connectivity index (χ1n) is 5.30. The van der Waals surface area contributed by atoms with Crippen LogP contribution in [0, 0.1) is 6.04 Å². The summed E-state index contributed by atoms with van der Waals surface area (Å²) in [5.74, 6) is 0. The molecule has 0 aliphatic heterocycles. The smallest absolute Gasteiger partial charge is 0.655 e. The van der Waals surface area contributed by atoms with Crippen LogP contribution >= 0.6 is 0 Å². The van der Waals surface area contributed by atoms with E-state index in [1.807, 2.05) is 0 Å². The van der Waals surface area contributed by atoms with E-state index in [1.165, 1.54) is 14.2 Å². The van der Waals surface area contributed by atoms with Crippen molar-refractivity contribution in [3.8, 4) is 0 Å². The molecule has 0 aromatic rings. The van der Waals surface area contributed by atoms with Crippen LogP contribution in [0.5, 0.6) is 0 Å². The minimum absolute atomic E-state index is 0. The van der Waals surface area contributed by atoms with Gasteiger partial charge in [-0.1, -0.05) is 0 Å². The van der Waals surface area contributed by atoms with E-state index in [4.69, 9.17) is 5.73 Å². The predicted molar refractivity (Wildman–Crippen MR) is 59.8 cm³/mol. The molecule has 8 heteroatoms. The van der Waals surface area contributed by atoms with Crippen LogP contribution in [0.15, 0.2) is 0 Å². The van der Waals surface area contributed by atoms with Crippen LogP contribution in [-0.4, -0.2) is 32.1 Å². The average molecular weight is 282 g/mol. The Hall–Kier alpha value is 0.136. The van der Waals surface area contributed by atoms with E-state index < -0.39 is 11.8 Å². The van der Waals surface area contributed by atoms with Gasteiger partial charge in [-0.05, 0) is 18.5 Å². The van der Waals surface area contributed by atoms with E-state index in [-0.39, 0.29) is 57.5 Å². The standard InChI is InChI=1S/C5H9N2O2.C5H8NO2.K/c1-9-4(8)7-5(6)2-3-5;1-8-5(7)6-4-2-3-4;/h6H,2-3H2,1H3,(H,7,8);2-3H2,1H3,(H,6,7);/q2*-1;+1. The van der Waals surface area contributed by atoms with Gasteiger partial charge in [0.15, 0.2) is 0 Å². The fourth-order valence-electron chi connectivity index (χ4n) is 0.879. The minimum Gasteiger partial charge on any atom is -0.655 e. The van der Waals surface area contributed by atoms with Crippen LogP contribution in [0.25, 0.3) is 5.73 Å². The summed E-state index contributed by atoms with van der Waals surface area (Å²) in [6.07, 6.45) is 2.66.